The maximum absolute atomic E-state index is 11.6. The summed E-state index contributed by atoms with van der Waals surface area (Å²) in [5.74, 6) is 0.0195. The first-order valence-corrected chi connectivity index (χ1v) is 12.2. The predicted octanol–water partition coefficient (Wildman–Crippen LogP) is -4.92. The van der Waals surface area contributed by atoms with Crippen LogP contribution in [0, 0.1) is 0 Å². The SMILES string of the molecule is Nc1ncnc2c1ncn2[C@@H]1O[C@H](COP(=O)([O-])OP(=O)([O-])OP(=O)([O-])[O-])[C@@H](O)[C@H]1O.[Mg+2].[Mg+2]. The third kappa shape index (κ3) is 7.83. The van der Waals surface area contributed by atoms with Gasteiger partial charge in [0.25, 0.3) is 15.6 Å². The number of phosphoric acid groups is 3. The maximum Gasteiger partial charge on any atom is 2.00 e. The van der Waals surface area contributed by atoms with E-state index in [1.54, 1.807) is 0 Å². The summed E-state index contributed by atoms with van der Waals surface area (Å²) >= 11 is 0. The van der Waals surface area contributed by atoms with Crippen molar-refractivity contribution in [1.29, 1.82) is 0 Å². The molecule has 0 spiro atoms. The fourth-order valence-corrected chi connectivity index (χ4v) is 5.47. The number of fused-ring (bicyclic) bond motifs is 1. The van der Waals surface area contributed by atoms with Crippen LogP contribution in [0.5, 0.6) is 0 Å². The standard InChI is InChI=1S/C10H16N5O13P3.2Mg/c11-8-5-9(13-2-12-8)15(3-14-5)10-7(17)6(16)4(26-10)1-25-30(21,22)28-31(23,24)27-29(18,19)20;;/h2-4,6-7,10,16-17H,1H2,(H,21,22)(H,23,24)(H2,11,12,13)(H2,18,19,20);;/q;2*+2/p-4/t4-,6-,7-,10-;;/m1../s1. The molecule has 23 heteroatoms. The van der Waals surface area contributed by atoms with Crippen LogP contribution >= 0.6 is 23.5 Å². The van der Waals surface area contributed by atoms with Crippen molar-refractivity contribution in [3.63, 3.8) is 0 Å². The van der Waals surface area contributed by atoms with Gasteiger partial charge in [0.1, 0.15) is 30.2 Å². The Morgan fingerprint density at radius 3 is 2.27 bits per heavy atom. The fourth-order valence-electron chi connectivity index (χ4n) is 2.60. The van der Waals surface area contributed by atoms with Crippen LogP contribution in [0.2, 0.25) is 0 Å². The van der Waals surface area contributed by atoms with Gasteiger partial charge in [0.2, 0.25) is 0 Å². The van der Waals surface area contributed by atoms with Crippen LogP contribution in [0.15, 0.2) is 12.7 Å². The summed E-state index contributed by atoms with van der Waals surface area (Å²) in [6.07, 6.45) is -3.99. The van der Waals surface area contributed by atoms with E-state index in [1.807, 2.05) is 0 Å². The number of aromatic nitrogens is 4. The number of phosphoric ester groups is 1. The second kappa shape index (κ2) is 11.5. The van der Waals surface area contributed by atoms with Crippen molar-refractivity contribution in [1.82, 2.24) is 19.5 Å². The molecule has 1 aliphatic rings. The topological polar surface area (TPSA) is 290 Å². The van der Waals surface area contributed by atoms with Gasteiger partial charge in [-0.25, -0.2) is 19.3 Å². The van der Waals surface area contributed by atoms with Gasteiger partial charge in [-0.15, -0.1) is 0 Å². The van der Waals surface area contributed by atoms with Gasteiger partial charge < -0.3 is 49.3 Å². The van der Waals surface area contributed by atoms with Crippen molar-refractivity contribution in [3.05, 3.63) is 12.7 Å². The molecule has 6 atom stereocenters. The Hall–Kier alpha value is 0.172. The van der Waals surface area contributed by atoms with Crippen molar-refractivity contribution in [3.8, 4) is 0 Å². The molecule has 3 rings (SSSR count). The summed E-state index contributed by atoms with van der Waals surface area (Å²) in [4.78, 5) is 54.9. The molecule has 0 saturated carbocycles. The minimum absolute atomic E-state index is 0. The van der Waals surface area contributed by atoms with Crippen LogP contribution in [-0.2, 0) is 31.6 Å². The van der Waals surface area contributed by atoms with Crippen LogP contribution in [0.1, 0.15) is 6.23 Å². The summed E-state index contributed by atoms with van der Waals surface area (Å²) in [5.41, 5.74) is 5.92. The molecule has 1 fully saturated rings. The van der Waals surface area contributed by atoms with Gasteiger partial charge in [0.05, 0.1) is 20.8 Å². The average Bonchev–Trinajstić information content (AvgIpc) is 3.13. The molecule has 4 N–H and O–H groups in total. The largest absolute Gasteiger partial charge is 2.00 e. The molecule has 0 radical (unpaired) electrons. The Morgan fingerprint density at radius 1 is 1.03 bits per heavy atom. The van der Waals surface area contributed by atoms with Crippen molar-refractivity contribution in [2.75, 3.05) is 12.3 Å². The number of nitrogens with two attached hydrogens (primary N) is 1. The summed E-state index contributed by atoms with van der Waals surface area (Å²) in [6, 6.07) is 0. The van der Waals surface area contributed by atoms with E-state index in [9.17, 15) is 43.5 Å². The molecule has 0 aromatic carbocycles. The number of nitrogens with zero attached hydrogens (tertiary/aromatic N) is 4. The van der Waals surface area contributed by atoms with Gasteiger partial charge in [-0.1, -0.05) is 0 Å². The third-order valence-corrected chi connectivity index (χ3v) is 7.46. The van der Waals surface area contributed by atoms with Gasteiger partial charge >= 0.3 is 46.1 Å². The third-order valence-electron chi connectivity index (χ3n) is 3.80. The Balaban J connectivity index is 0.00000272. The number of nitrogen functional groups attached to an aromatic ring is 1. The Labute approximate surface area is 216 Å². The molecule has 1 saturated heterocycles. The predicted molar refractivity (Wildman–Crippen MR) is 98.1 cm³/mol. The van der Waals surface area contributed by atoms with Gasteiger partial charge in [0, 0.05) is 0 Å². The number of aliphatic hydroxyl groups is 2. The number of hydrogen-bond donors (Lipinski definition) is 3. The van der Waals surface area contributed by atoms with Crippen LogP contribution in [0.3, 0.4) is 0 Å². The summed E-state index contributed by atoms with van der Waals surface area (Å²) < 4.78 is 50.2. The molecule has 0 aliphatic carbocycles. The first kappa shape index (κ1) is 31.2. The Kier molecular flexibility index (Phi) is 10.9. The van der Waals surface area contributed by atoms with Crippen LogP contribution in [0.4, 0.5) is 5.82 Å². The number of anilines is 1. The number of ether oxygens (including phenoxy) is 1. The zero-order chi connectivity index (χ0) is 23.2. The molecule has 2 unspecified atom stereocenters. The van der Waals surface area contributed by atoms with Crippen LogP contribution in [0.25, 0.3) is 11.2 Å². The first-order valence-electron chi connectivity index (χ1n) is 7.85. The van der Waals surface area contributed by atoms with Gasteiger partial charge in [0.15, 0.2) is 17.7 Å². The fraction of sp³-hybridized carbons (Fsp3) is 0.500. The number of hydrogen-bond acceptors (Lipinski definition) is 17. The quantitative estimate of drug-likeness (QED) is 0.204. The smallest absolute Gasteiger partial charge is 0.790 e. The number of imidazole rings is 1. The Morgan fingerprint density at radius 2 is 1.67 bits per heavy atom. The Bertz CT molecular complexity index is 1120. The second-order valence-corrected chi connectivity index (χ2v) is 10.2. The summed E-state index contributed by atoms with van der Waals surface area (Å²) in [6.45, 7) is -1.08. The van der Waals surface area contributed by atoms with Crippen LogP contribution in [-0.4, -0.2) is 101 Å². The molecule has 3 heterocycles. The molecule has 18 nitrogen and oxygen atoms in total. The summed E-state index contributed by atoms with van der Waals surface area (Å²) in [5, 5.41) is 20.3. The molecule has 0 amide bonds. The minimum atomic E-state index is -6.14. The van der Waals surface area contributed by atoms with E-state index < -0.39 is 54.6 Å². The van der Waals surface area contributed by atoms with Gasteiger partial charge in [-0.05, 0) is 0 Å². The number of aliphatic hydroxyl groups excluding tert-OH is 2. The van der Waals surface area contributed by atoms with Crippen LogP contribution < -0.4 is 25.3 Å². The first-order chi connectivity index (χ1) is 14.2. The van der Waals surface area contributed by atoms with E-state index in [4.69, 9.17) is 10.5 Å². The maximum atomic E-state index is 11.6. The van der Waals surface area contributed by atoms with E-state index in [0.29, 0.717) is 0 Å². The minimum Gasteiger partial charge on any atom is -0.790 e. The molecule has 2 aromatic rings. The van der Waals surface area contributed by atoms with E-state index >= 15 is 0 Å². The van der Waals surface area contributed by atoms with E-state index in [-0.39, 0.29) is 63.1 Å². The van der Waals surface area contributed by atoms with Gasteiger partial charge in [-0.3, -0.25) is 18.0 Å². The normalized spacial score (nSPS) is 26.7. The second-order valence-electron chi connectivity index (χ2n) is 5.93. The zero-order valence-corrected chi connectivity index (χ0v) is 21.7. The van der Waals surface area contributed by atoms with Crippen molar-refractivity contribution >= 4 is 86.6 Å². The van der Waals surface area contributed by atoms with Crippen molar-refractivity contribution in [2.45, 2.75) is 24.5 Å². The average molecular weight is 552 g/mol. The van der Waals surface area contributed by atoms with Crippen molar-refractivity contribution < 1.29 is 61.4 Å². The molecule has 2 aromatic heterocycles. The molecule has 33 heavy (non-hydrogen) atoms. The van der Waals surface area contributed by atoms with Crippen molar-refractivity contribution in [2.24, 2.45) is 0 Å². The molecule has 174 valence electrons. The van der Waals surface area contributed by atoms with E-state index in [2.05, 4.69) is 28.1 Å². The number of rotatable bonds is 8. The summed E-state index contributed by atoms with van der Waals surface area (Å²) in [7, 11) is -18.1. The van der Waals surface area contributed by atoms with Gasteiger partial charge in [-0.2, -0.15) is 0 Å². The molecule has 0 bridgehead atoms. The van der Waals surface area contributed by atoms with E-state index in [0.717, 1.165) is 12.7 Å². The van der Waals surface area contributed by atoms with E-state index in [1.165, 1.54) is 4.57 Å². The zero-order valence-electron chi connectivity index (χ0n) is 16.2. The monoisotopic (exact) mass is 551 g/mol. The molecular formula is C10H12Mg2N5O13P3. The molecule has 1 aliphatic heterocycles. The molecular weight excluding hydrogens is 540 g/mol.